The molecule has 0 nitrogen and oxygen atoms in total. The van der Waals surface area contributed by atoms with Crippen LogP contribution in [0, 0.1) is 0 Å². The Kier molecular flexibility index (Phi) is 4.91. The number of halogens is 4. The molecular formula is C14H8Br2Cl2. The SMILES string of the molecule is Clc1cc(C=Cc2ccc(Cl)c(Br)c2)ccc1Br. The highest BCUT2D eigenvalue weighted by molar-refractivity contribution is 9.10. The summed E-state index contributed by atoms with van der Waals surface area (Å²) in [5.74, 6) is 0. The lowest BCUT2D eigenvalue weighted by Gasteiger charge is -1.99. The fourth-order valence-electron chi connectivity index (χ4n) is 1.42. The molecular weight excluding hydrogens is 399 g/mol. The van der Waals surface area contributed by atoms with Crippen LogP contribution in [0.15, 0.2) is 45.3 Å². The van der Waals surface area contributed by atoms with Crippen LogP contribution in [-0.2, 0) is 0 Å². The molecule has 18 heavy (non-hydrogen) atoms. The summed E-state index contributed by atoms with van der Waals surface area (Å²) in [7, 11) is 0. The minimum absolute atomic E-state index is 0.703. The topological polar surface area (TPSA) is 0 Å². The van der Waals surface area contributed by atoms with Crippen LogP contribution in [0.3, 0.4) is 0 Å². The summed E-state index contributed by atoms with van der Waals surface area (Å²) in [6, 6.07) is 11.6. The molecule has 0 aliphatic carbocycles. The lowest BCUT2D eigenvalue weighted by molar-refractivity contribution is 1.60. The van der Waals surface area contributed by atoms with E-state index in [-0.39, 0.29) is 0 Å². The summed E-state index contributed by atoms with van der Waals surface area (Å²) in [6.45, 7) is 0. The van der Waals surface area contributed by atoms with Crippen molar-refractivity contribution in [2.24, 2.45) is 0 Å². The van der Waals surface area contributed by atoms with Crippen molar-refractivity contribution in [1.82, 2.24) is 0 Å². The van der Waals surface area contributed by atoms with Gasteiger partial charge in [0, 0.05) is 8.95 Å². The smallest absolute Gasteiger partial charge is 0.0554 e. The number of benzene rings is 2. The third kappa shape index (κ3) is 3.61. The van der Waals surface area contributed by atoms with Crippen LogP contribution in [0.1, 0.15) is 11.1 Å². The van der Waals surface area contributed by atoms with Gasteiger partial charge in [-0.3, -0.25) is 0 Å². The molecule has 2 aromatic carbocycles. The van der Waals surface area contributed by atoms with E-state index in [1.165, 1.54) is 0 Å². The Morgan fingerprint density at radius 1 is 0.722 bits per heavy atom. The van der Waals surface area contributed by atoms with Crippen molar-refractivity contribution < 1.29 is 0 Å². The zero-order valence-electron chi connectivity index (χ0n) is 9.13. The molecule has 0 aliphatic heterocycles. The van der Waals surface area contributed by atoms with Gasteiger partial charge in [-0.05, 0) is 67.3 Å². The first-order valence-corrected chi connectivity index (χ1v) is 7.48. The molecule has 0 saturated heterocycles. The van der Waals surface area contributed by atoms with Gasteiger partial charge in [0.2, 0.25) is 0 Å². The van der Waals surface area contributed by atoms with E-state index in [1.54, 1.807) is 0 Å². The molecule has 0 bridgehead atoms. The Balaban J connectivity index is 2.24. The monoisotopic (exact) mass is 404 g/mol. The summed E-state index contributed by atoms with van der Waals surface area (Å²) < 4.78 is 1.79. The number of hydrogen-bond acceptors (Lipinski definition) is 0. The first-order valence-electron chi connectivity index (χ1n) is 5.14. The largest absolute Gasteiger partial charge is 0.0831 e. The van der Waals surface area contributed by atoms with Gasteiger partial charge in [-0.2, -0.15) is 0 Å². The standard InChI is InChI=1S/C14H8Br2Cl2/c15-11-5-3-10(8-14(11)18)2-1-9-4-6-13(17)12(16)7-9/h1-8H. The minimum atomic E-state index is 0.703. The van der Waals surface area contributed by atoms with Crippen LogP contribution in [0.5, 0.6) is 0 Å². The van der Waals surface area contributed by atoms with E-state index in [0.717, 1.165) is 20.1 Å². The maximum Gasteiger partial charge on any atom is 0.0554 e. The first kappa shape index (κ1) is 14.1. The lowest BCUT2D eigenvalue weighted by atomic mass is 10.1. The van der Waals surface area contributed by atoms with Gasteiger partial charge < -0.3 is 0 Å². The van der Waals surface area contributed by atoms with Crippen LogP contribution in [0.4, 0.5) is 0 Å². The molecule has 0 atom stereocenters. The van der Waals surface area contributed by atoms with Crippen molar-refractivity contribution in [2.75, 3.05) is 0 Å². The van der Waals surface area contributed by atoms with Crippen LogP contribution in [0.25, 0.3) is 12.2 Å². The molecule has 0 amide bonds. The molecule has 0 unspecified atom stereocenters. The molecule has 0 fully saturated rings. The average molecular weight is 407 g/mol. The van der Waals surface area contributed by atoms with Gasteiger partial charge in [-0.15, -0.1) is 0 Å². The zero-order valence-corrected chi connectivity index (χ0v) is 13.8. The van der Waals surface area contributed by atoms with Gasteiger partial charge >= 0.3 is 0 Å². The second-order valence-corrected chi connectivity index (χ2v) is 6.20. The average Bonchev–Trinajstić information content (AvgIpc) is 2.35. The van der Waals surface area contributed by atoms with Gasteiger partial charge in [0.25, 0.3) is 0 Å². The van der Waals surface area contributed by atoms with E-state index in [9.17, 15) is 0 Å². The van der Waals surface area contributed by atoms with Gasteiger partial charge in [-0.25, -0.2) is 0 Å². The van der Waals surface area contributed by atoms with Crippen LogP contribution in [-0.4, -0.2) is 0 Å². The molecule has 92 valence electrons. The van der Waals surface area contributed by atoms with Crippen LogP contribution in [0.2, 0.25) is 10.0 Å². The van der Waals surface area contributed by atoms with E-state index in [1.807, 2.05) is 48.6 Å². The summed E-state index contributed by atoms with van der Waals surface area (Å²) in [5.41, 5.74) is 2.12. The summed E-state index contributed by atoms with van der Waals surface area (Å²) in [5, 5.41) is 1.41. The highest BCUT2D eigenvalue weighted by Crippen LogP contribution is 2.26. The zero-order chi connectivity index (χ0) is 13.1. The normalized spacial score (nSPS) is 11.1. The predicted octanol–water partition coefficient (Wildman–Crippen LogP) is 6.69. The maximum atomic E-state index is 6.04. The Labute approximate surface area is 133 Å². The summed E-state index contributed by atoms with van der Waals surface area (Å²) >= 11 is 18.7. The first-order chi connectivity index (χ1) is 8.56. The minimum Gasteiger partial charge on any atom is -0.0831 e. The van der Waals surface area contributed by atoms with E-state index < -0.39 is 0 Å². The maximum absolute atomic E-state index is 6.04. The van der Waals surface area contributed by atoms with E-state index in [4.69, 9.17) is 23.2 Å². The second kappa shape index (κ2) is 6.25. The lowest BCUT2D eigenvalue weighted by Crippen LogP contribution is -1.76. The van der Waals surface area contributed by atoms with Crippen molar-refractivity contribution in [3.63, 3.8) is 0 Å². The molecule has 0 N–H and O–H groups in total. The predicted molar refractivity (Wildman–Crippen MR) is 87.2 cm³/mol. The molecule has 2 rings (SSSR count). The summed E-state index contributed by atoms with van der Waals surface area (Å²) in [6.07, 6.45) is 4.02. The van der Waals surface area contributed by atoms with Gasteiger partial charge in [-0.1, -0.05) is 47.5 Å². The highest BCUT2D eigenvalue weighted by atomic mass is 79.9. The van der Waals surface area contributed by atoms with E-state index >= 15 is 0 Å². The Morgan fingerprint density at radius 2 is 1.33 bits per heavy atom. The Bertz CT molecular complexity index is 553. The molecule has 2 aromatic rings. The Morgan fingerprint density at radius 3 is 1.94 bits per heavy atom. The van der Waals surface area contributed by atoms with Gasteiger partial charge in [0.15, 0.2) is 0 Å². The molecule has 0 aliphatic rings. The molecule has 0 aromatic heterocycles. The van der Waals surface area contributed by atoms with Gasteiger partial charge in [0.1, 0.15) is 0 Å². The van der Waals surface area contributed by atoms with E-state index in [2.05, 4.69) is 31.9 Å². The Hall–Kier alpha value is -0.280. The van der Waals surface area contributed by atoms with Crippen molar-refractivity contribution in [2.45, 2.75) is 0 Å². The molecule has 0 heterocycles. The van der Waals surface area contributed by atoms with Crippen molar-refractivity contribution >= 4 is 67.2 Å². The fraction of sp³-hybridized carbons (Fsp3) is 0. The molecule has 0 saturated carbocycles. The highest BCUT2D eigenvalue weighted by Gasteiger charge is 1.98. The van der Waals surface area contributed by atoms with Crippen LogP contribution < -0.4 is 0 Å². The van der Waals surface area contributed by atoms with Crippen LogP contribution >= 0.6 is 55.1 Å². The molecule has 4 heteroatoms. The van der Waals surface area contributed by atoms with Gasteiger partial charge in [0.05, 0.1) is 10.0 Å². The fourth-order valence-corrected chi connectivity index (χ4v) is 2.37. The van der Waals surface area contributed by atoms with Crippen molar-refractivity contribution in [1.29, 1.82) is 0 Å². The number of hydrogen-bond donors (Lipinski definition) is 0. The second-order valence-electron chi connectivity index (χ2n) is 3.68. The van der Waals surface area contributed by atoms with Crippen molar-refractivity contribution in [3.05, 3.63) is 66.5 Å². The summed E-state index contributed by atoms with van der Waals surface area (Å²) in [4.78, 5) is 0. The molecule has 0 spiro atoms. The van der Waals surface area contributed by atoms with E-state index in [0.29, 0.717) is 10.0 Å². The van der Waals surface area contributed by atoms with Crippen molar-refractivity contribution in [3.8, 4) is 0 Å². The number of rotatable bonds is 2. The molecule has 0 radical (unpaired) electrons. The quantitative estimate of drug-likeness (QED) is 0.487. The third-order valence-electron chi connectivity index (χ3n) is 2.36. The third-order valence-corrected chi connectivity index (χ3v) is 4.80.